The monoisotopic (exact) mass is 395 g/mol. The summed E-state index contributed by atoms with van der Waals surface area (Å²) in [6.45, 7) is 0. The number of aromatic nitrogens is 1. The Morgan fingerprint density at radius 2 is 1.77 bits per heavy atom. The maximum Gasteiger partial charge on any atom is 0.259 e. The molecule has 5 nitrogen and oxygen atoms in total. The molecule has 2 heterocycles. The maximum absolute atomic E-state index is 13.8. The van der Waals surface area contributed by atoms with Crippen molar-refractivity contribution in [2.45, 2.75) is 25.3 Å². The van der Waals surface area contributed by atoms with Crippen LogP contribution in [0.2, 0.25) is 0 Å². The lowest BCUT2D eigenvalue weighted by Crippen LogP contribution is -2.38. The number of para-hydroxylation sites is 2. The van der Waals surface area contributed by atoms with Crippen molar-refractivity contribution in [3.05, 3.63) is 102 Å². The van der Waals surface area contributed by atoms with E-state index in [4.69, 9.17) is 0 Å². The van der Waals surface area contributed by atoms with Gasteiger partial charge in [0.05, 0.1) is 17.4 Å². The molecule has 5 rings (SSSR count). The van der Waals surface area contributed by atoms with Gasteiger partial charge in [-0.05, 0) is 48.7 Å². The van der Waals surface area contributed by atoms with Crippen LogP contribution in [0.1, 0.15) is 41.2 Å². The van der Waals surface area contributed by atoms with E-state index in [1.165, 1.54) is 0 Å². The molecule has 2 aliphatic rings. The molecule has 0 fully saturated rings. The maximum atomic E-state index is 13.8. The molecule has 5 heteroatoms. The number of ketones is 1. The number of benzene rings is 2. The number of allylic oxidation sites excluding steroid dienone is 1. The van der Waals surface area contributed by atoms with E-state index < -0.39 is 6.04 Å². The Kier molecular flexibility index (Phi) is 4.64. The number of carbonyl (C=O) groups is 2. The Bertz CT molecular complexity index is 1140. The molecule has 3 aromatic rings. The van der Waals surface area contributed by atoms with Crippen LogP contribution in [0.4, 0.5) is 11.4 Å². The summed E-state index contributed by atoms with van der Waals surface area (Å²) in [6, 6.07) is 20.2. The van der Waals surface area contributed by atoms with Crippen molar-refractivity contribution in [1.82, 2.24) is 4.98 Å². The van der Waals surface area contributed by atoms with Crippen molar-refractivity contribution in [2.75, 3.05) is 10.2 Å². The minimum Gasteiger partial charge on any atom is -0.357 e. The predicted octanol–water partition coefficient (Wildman–Crippen LogP) is 4.90. The highest BCUT2D eigenvalue weighted by molar-refractivity contribution is 6.11. The lowest BCUT2D eigenvalue weighted by molar-refractivity contribution is -0.116. The summed E-state index contributed by atoms with van der Waals surface area (Å²) in [5.74, 6) is -0.0675. The number of amides is 1. The fraction of sp³-hybridized carbons (Fsp3) is 0.160. The van der Waals surface area contributed by atoms with Crippen molar-refractivity contribution in [3.8, 4) is 0 Å². The summed E-state index contributed by atoms with van der Waals surface area (Å²) < 4.78 is 0. The van der Waals surface area contributed by atoms with Crippen LogP contribution in [0.15, 0.2) is 90.4 Å². The normalized spacial score (nSPS) is 18.2. The third-order valence-electron chi connectivity index (χ3n) is 5.68. The highest BCUT2D eigenvalue weighted by atomic mass is 16.2. The van der Waals surface area contributed by atoms with Crippen LogP contribution < -0.4 is 10.2 Å². The van der Waals surface area contributed by atoms with Crippen molar-refractivity contribution < 1.29 is 9.59 Å². The molecule has 0 saturated carbocycles. The molecule has 1 aliphatic carbocycles. The standard InChI is InChI=1S/C25H21N3O2/c29-22-14-6-12-20-23(22)24(18-10-7-15-26-16-18)28(21-13-5-4-11-19(21)27-20)25(30)17-8-2-1-3-9-17/h1-5,7-11,13,15-16,24,27H,6,12,14H2/t24-/m1/s1. The summed E-state index contributed by atoms with van der Waals surface area (Å²) in [5, 5.41) is 3.47. The largest absolute Gasteiger partial charge is 0.357 e. The number of fused-ring (bicyclic) bond motifs is 1. The molecule has 1 N–H and O–H groups in total. The van der Waals surface area contributed by atoms with E-state index in [-0.39, 0.29) is 11.7 Å². The lowest BCUT2D eigenvalue weighted by Gasteiger charge is -2.33. The van der Waals surface area contributed by atoms with Crippen molar-refractivity contribution >= 4 is 23.1 Å². The van der Waals surface area contributed by atoms with Gasteiger partial charge in [0, 0.05) is 35.6 Å². The zero-order valence-corrected chi connectivity index (χ0v) is 16.4. The quantitative estimate of drug-likeness (QED) is 0.670. The minimum atomic E-state index is -0.537. The predicted molar refractivity (Wildman–Crippen MR) is 116 cm³/mol. The van der Waals surface area contributed by atoms with Crippen LogP contribution in [-0.2, 0) is 4.79 Å². The molecule has 1 aliphatic heterocycles. The van der Waals surface area contributed by atoms with Gasteiger partial charge >= 0.3 is 0 Å². The number of rotatable bonds is 2. The zero-order chi connectivity index (χ0) is 20.5. The fourth-order valence-electron chi connectivity index (χ4n) is 4.33. The van der Waals surface area contributed by atoms with E-state index in [0.717, 1.165) is 35.5 Å². The van der Waals surface area contributed by atoms with Gasteiger partial charge in [-0.3, -0.25) is 19.5 Å². The Hall–Kier alpha value is -3.73. The molecule has 0 radical (unpaired) electrons. The molecule has 1 aromatic heterocycles. The van der Waals surface area contributed by atoms with Gasteiger partial charge in [-0.15, -0.1) is 0 Å². The van der Waals surface area contributed by atoms with Gasteiger partial charge in [0.15, 0.2) is 5.78 Å². The van der Waals surface area contributed by atoms with Gasteiger partial charge in [0.1, 0.15) is 0 Å². The first-order valence-electron chi connectivity index (χ1n) is 10.1. The van der Waals surface area contributed by atoms with Crippen LogP contribution in [0.5, 0.6) is 0 Å². The first-order chi connectivity index (χ1) is 14.7. The smallest absolute Gasteiger partial charge is 0.259 e. The topological polar surface area (TPSA) is 62.3 Å². The highest BCUT2D eigenvalue weighted by Crippen LogP contribution is 2.45. The highest BCUT2D eigenvalue weighted by Gasteiger charge is 2.39. The van der Waals surface area contributed by atoms with E-state index >= 15 is 0 Å². The second-order valence-corrected chi connectivity index (χ2v) is 7.54. The molecule has 30 heavy (non-hydrogen) atoms. The Balaban J connectivity index is 1.78. The van der Waals surface area contributed by atoms with Crippen LogP contribution in [0.25, 0.3) is 0 Å². The fourth-order valence-corrected chi connectivity index (χ4v) is 4.33. The van der Waals surface area contributed by atoms with E-state index in [9.17, 15) is 9.59 Å². The summed E-state index contributed by atoms with van der Waals surface area (Å²) in [6.07, 6.45) is 5.52. The van der Waals surface area contributed by atoms with Gasteiger partial charge < -0.3 is 5.32 Å². The number of hydrogen-bond donors (Lipinski definition) is 1. The van der Waals surface area contributed by atoms with Crippen molar-refractivity contribution in [3.63, 3.8) is 0 Å². The number of pyridine rings is 1. The van der Waals surface area contributed by atoms with Crippen LogP contribution in [-0.4, -0.2) is 16.7 Å². The second-order valence-electron chi connectivity index (χ2n) is 7.54. The van der Waals surface area contributed by atoms with Gasteiger partial charge in [0.25, 0.3) is 5.91 Å². The summed E-state index contributed by atoms with van der Waals surface area (Å²) in [4.78, 5) is 33.0. The molecular formula is C25H21N3O2. The van der Waals surface area contributed by atoms with E-state index in [0.29, 0.717) is 17.6 Å². The molecule has 1 atom stereocenters. The molecule has 148 valence electrons. The molecular weight excluding hydrogens is 374 g/mol. The van der Waals surface area contributed by atoms with E-state index in [1.807, 2.05) is 66.7 Å². The zero-order valence-electron chi connectivity index (χ0n) is 16.4. The minimum absolute atomic E-state index is 0.0799. The van der Waals surface area contributed by atoms with Crippen molar-refractivity contribution in [2.24, 2.45) is 0 Å². The molecule has 2 aromatic carbocycles. The Morgan fingerprint density at radius 1 is 0.967 bits per heavy atom. The van der Waals surface area contributed by atoms with Gasteiger partial charge in [-0.2, -0.15) is 0 Å². The van der Waals surface area contributed by atoms with E-state index in [2.05, 4.69) is 10.3 Å². The molecule has 0 bridgehead atoms. The van der Waals surface area contributed by atoms with Crippen LogP contribution in [0.3, 0.4) is 0 Å². The van der Waals surface area contributed by atoms with Gasteiger partial charge in [-0.25, -0.2) is 0 Å². The number of nitrogens with one attached hydrogen (secondary N) is 1. The number of anilines is 2. The van der Waals surface area contributed by atoms with E-state index in [1.54, 1.807) is 17.3 Å². The number of hydrogen-bond acceptors (Lipinski definition) is 4. The summed E-state index contributed by atoms with van der Waals surface area (Å²) in [5.41, 5.74) is 4.54. The third kappa shape index (κ3) is 3.08. The van der Waals surface area contributed by atoms with Crippen LogP contribution in [0, 0.1) is 0 Å². The molecule has 1 amide bonds. The first-order valence-corrected chi connectivity index (χ1v) is 10.1. The second kappa shape index (κ2) is 7.59. The summed E-state index contributed by atoms with van der Waals surface area (Å²) >= 11 is 0. The van der Waals surface area contributed by atoms with Crippen molar-refractivity contribution in [1.29, 1.82) is 0 Å². The molecule has 0 saturated heterocycles. The first kappa shape index (κ1) is 18.3. The number of nitrogens with zero attached hydrogens (tertiary/aromatic N) is 2. The van der Waals surface area contributed by atoms with Gasteiger partial charge in [0.2, 0.25) is 0 Å². The number of Topliss-reactive ketones (excluding diaryl/α,β-unsaturated/α-hetero) is 1. The molecule has 0 spiro atoms. The average Bonchev–Trinajstić information content (AvgIpc) is 2.95. The van der Waals surface area contributed by atoms with Crippen LogP contribution >= 0.6 is 0 Å². The SMILES string of the molecule is O=C1CCCC2=C1[C@@H](c1cccnc1)N(C(=O)c1ccccc1)c1ccccc1N2. The third-order valence-corrected chi connectivity index (χ3v) is 5.68. The Labute approximate surface area is 175 Å². The Morgan fingerprint density at radius 3 is 2.57 bits per heavy atom. The summed E-state index contributed by atoms with van der Waals surface area (Å²) in [7, 11) is 0. The molecule has 0 unspecified atom stereocenters. The lowest BCUT2D eigenvalue weighted by atomic mass is 9.86. The average molecular weight is 395 g/mol. The number of carbonyl (C=O) groups excluding carboxylic acids is 2. The van der Waals surface area contributed by atoms with Gasteiger partial charge in [-0.1, -0.05) is 36.4 Å².